The molecule has 122 valence electrons. The number of nitrogens with zero attached hydrogens (tertiary/aromatic N) is 2. The van der Waals surface area contributed by atoms with E-state index in [9.17, 15) is 4.79 Å². The molecule has 3 N–H and O–H groups in total. The van der Waals surface area contributed by atoms with Gasteiger partial charge >= 0.3 is 5.97 Å². The van der Waals surface area contributed by atoms with Gasteiger partial charge in [-0.1, -0.05) is 32.1 Å². The number of hydrogen-bond acceptors (Lipinski definition) is 5. The standard InChI is InChI=1S/C14H12ClN3O3.C2H6/c15-6-2-5-11(8-16)13-18-17-12(21-13)9-3-1-4-10(7-9)14(19)20;1-2/h1-5,7-8H,6,16H2,(H,19,20);1-2H3/b5-2-,11-8+;. The molecule has 23 heavy (non-hydrogen) atoms. The van der Waals surface area contributed by atoms with Crippen molar-refractivity contribution in [3.8, 4) is 11.5 Å². The summed E-state index contributed by atoms with van der Waals surface area (Å²) in [6.45, 7) is 4.00. The molecule has 2 aromatic rings. The van der Waals surface area contributed by atoms with Crippen molar-refractivity contribution in [2.45, 2.75) is 13.8 Å². The first-order valence-corrected chi connectivity index (χ1v) is 7.51. The van der Waals surface area contributed by atoms with Crippen LogP contribution in [0.2, 0.25) is 0 Å². The number of allylic oxidation sites excluding steroid dienone is 3. The zero-order valence-corrected chi connectivity index (χ0v) is 13.6. The Hall–Kier alpha value is -2.60. The zero-order chi connectivity index (χ0) is 17.2. The van der Waals surface area contributed by atoms with Gasteiger partial charge in [0.2, 0.25) is 11.8 Å². The van der Waals surface area contributed by atoms with Crippen molar-refractivity contribution in [2.24, 2.45) is 5.73 Å². The first-order valence-electron chi connectivity index (χ1n) is 6.97. The third kappa shape index (κ3) is 4.96. The van der Waals surface area contributed by atoms with E-state index in [4.69, 9.17) is 26.9 Å². The van der Waals surface area contributed by atoms with Crippen molar-refractivity contribution < 1.29 is 14.3 Å². The number of aromatic carboxylic acids is 1. The maximum Gasteiger partial charge on any atom is 0.335 e. The van der Waals surface area contributed by atoms with Crippen molar-refractivity contribution in [3.05, 3.63) is 54.1 Å². The summed E-state index contributed by atoms with van der Waals surface area (Å²) in [5.74, 6) is -0.246. The first kappa shape index (κ1) is 18.4. The first-order chi connectivity index (χ1) is 11.2. The monoisotopic (exact) mass is 335 g/mol. The van der Waals surface area contributed by atoms with Gasteiger partial charge in [0.25, 0.3) is 0 Å². The van der Waals surface area contributed by atoms with E-state index in [1.165, 1.54) is 18.3 Å². The van der Waals surface area contributed by atoms with Crippen molar-refractivity contribution >= 4 is 23.1 Å². The Balaban J connectivity index is 0.00000127. The number of halogens is 1. The molecule has 0 saturated heterocycles. The van der Waals surface area contributed by atoms with Crippen LogP contribution in [0.4, 0.5) is 0 Å². The van der Waals surface area contributed by atoms with Crippen LogP contribution in [0.3, 0.4) is 0 Å². The average Bonchev–Trinajstić information content (AvgIpc) is 3.07. The maximum absolute atomic E-state index is 10.9. The summed E-state index contributed by atoms with van der Waals surface area (Å²) in [7, 11) is 0. The van der Waals surface area contributed by atoms with Gasteiger partial charge in [0, 0.05) is 17.6 Å². The van der Waals surface area contributed by atoms with Gasteiger partial charge in [0.15, 0.2) is 0 Å². The largest absolute Gasteiger partial charge is 0.478 e. The number of hydrogen-bond donors (Lipinski definition) is 2. The molecule has 2 rings (SSSR count). The van der Waals surface area contributed by atoms with E-state index < -0.39 is 5.97 Å². The van der Waals surface area contributed by atoms with E-state index in [0.717, 1.165) is 0 Å². The van der Waals surface area contributed by atoms with Gasteiger partial charge in [-0.25, -0.2) is 4.79 Å². The summed E-state index contributed by atoms with van der Waals surface area (Å²) in [4.78, 5) is 10.9. The van der Waals surface area contributed by atoms with E-state index >= 15 is 0 Å². The fourth-order valence-electron chi connectivity index (χ4n) is 1.61. The molecule has 6 nitrogen and oxygen atoms in total. The fraction of sp³-hybridized carbons (Fsp3) is 0.188. The van der Waals surface area contributed by atoms with Crippen molar-refractivity contribution in [1.29, 1.82) is 0 Å². The fourth-order valence-corrected chi connectivity index (χ4v) is 1.70. The van der Waals surface area contributed by atoms with E-state index in [2.05, 4.69) is 10.2 Å². The minimum absolute atomic E-state index is 0.142. The Kier molecular flexibility index (Phi) is 7.56. The van der Waals surface area contributed by atoms with Gasteiger partial charge in [0.1, 0.15) is 0 Å². The molecule has 0 saturated carbocycles. The Bertz CT molecular complexity index is 708. The van der Waals surface area contributed by atoms with Crippen LogP contribution in [0, 0.1) is 0 Å². The quantitative estimate of drug-likeness (QED) is 0.639. The predicted molar refractivity (Wildman–Crippen MR) is 90.1 cm³/mol. The highest BCUT2D eigenvalue weighted by molar-refractivity contribution is 6.19. The molecular weight excluding hydrogens is 318 g/mol. The molecule has 7 heteroatoms. The van der Waals surface area contributed by atoms with Crippen molar-refractivity contribution in [2.75, 3.05) is 5.88 Å². The second kappa shape index (κ2) is 9.42. The summed E-state index contributed by atoms with van der Waals surface area (Å²) in [5, 5.41) is 16.7. The van der Waals surface area contributed by atoms with Gasteiger partial charge in [0.05, 0.1) is 11.1 Å². The van der Waals surface area contributed by atoms with Crippen LogP contribution in [0.15, 0.2) is 47.0 Å². The molecule has 0 aliphatic rings. The summed E-state index contributed by atoms with van der Waals surface area (Å²) in [6, 6.07) is 6.23. The Morgan fingerprint density at radius 2 is 2.13 bits per heavy atom. The molecule has 1 heterocycles. The molecule has 0 aliphatic carbocycles. The number of benzene rings is 1. The highest BCUT2D eigenvalue weighted by Gasteiger charge is 2.12. The van der Waals surface area contributed by atoms with Crippen molar-refractivity contribution in [1.82, 2.24) is 10.2 Å². The summed E-state index contributed by atoms with van der Waals surface area (Å²) in [6.07, 6.45) is 4.68. The van der Waals surface area contributed by atoms with E-state index in [-0.39, 0.29) is 17.3 Å². The second-order valence-electron chi connectivity index (χ2n) is 3.98. The lowest BCUT2D eigenvalue weighted by atomic mass is 10.1. The maximum atomic E-state index is 10.9. The van der Waals surface area contributed by atoms with Gasteiger partial charge in [-0.05, 0) is 18.2 Å². The van der Waals surface area contributed by atoms with Crippen LogP contribution >= 0.6 is 11.6 Å². The van der Waals surface area contributed by atoms with Gasteiger partial charge in [-0.3, -0.25) is 0 Å². The molecule has 1 aromatic carbocycles. The highest BCUT2D eigenvalue weighted by atomic mass is 35.5. The molecule has 0 spiro atoms. The molecule has 0 aliphatic heterocycles. The van der Waals surface area contributed by atoms with E-state index in [1.54, 1.807) is 24.3 Å². The zero-order valence-electron chi connectivity index (χ0n) is 12.9. The summed E-state index contributed by atoms with van der Waals surface area (Å²) in [5.41, 5.74) is 6.69. The molecule has 0 unspecified atom stereocenters. The number of nitrogens with two attached hydrogens (primary N) is 1. The van der Waals surface area contributed by atoms with Crippen molar-refractivity contribution in [3.63, 3.8) is 0 Å². The molecule has 0 fully saturated rings. The van der Waals surface area contributed by atoms with E-state index in [1.807, 2.05) is 13.8 Å². The summed E-state index contributed by atoms with van der Waals surface area (Å²) < 4.78 is 5.50. The summed E-state index contributed by atoms with van der Waals surface area (Å²) >= 11 is 5.56. The Labute approximate surface area is 139 Å². The second-order valence-corrected chi connectivity index (χ2v) is 4.29. The lowest BCUT2D eigenvalue weighted by molar-refractivity contribution is 0.0697. The van der Waals surface area contributed by atoms with Crippen LogP contribution in [0.25, 0.3) is 17.0 Å². The molecule has 0 radical (unpaired) electrons. The van der Waals surface area contributed by atoms with Gasteiger partial charge in [-0.15, -0.1) is 21.8 Å². The topological polar surface area (TPSA) is 102 Å². The molecule has 0 atom stereocenters. The third-order valence-corrected chi connectivity index (χ3v) is 2.77. The lowest BCUT2D eigenvalue weighted by Crippen LogP contribution is -1.95. The number of carboxylic acids is 1. The van der Waals surface area contributed by atoms with Crippen LogP contribution in [-0.4, -0.2) is 27.2 Å². The number of carbonyl (C=O) groups is 1. The van der Waals surface area contributed by atoms with Crippen LogP contribution in [0.1, 0.15) is 30.1 Å². The lowest BCUT2D eigenvalue weighted by Gasteiger charge is -1.97. The van der Waals surface area contributed by atoms with Crippen LogP contribution in [-0.2, 0) is 0 Å². The predicted octanol–water partition coefficient (Wildman–Crippen LogP) is 3.56. The SMILES string of the molecule is CC.N/C=C(\C=C/CCl)c1nnc(-c2cccc(C(=O)O)c2)o1. The van der Waals surface area contributed by atoms with Gasteiger partial charge < -0.3 is 15.3 Å². The molecule has 0 bridgehead atoms. The number of alkyl halides is 1. The molecule has 1 aromatic heterocycles. The smallest absolute Gasteiger partial charge is 0.335 e. The number of aromatic nitrogens is 2. The highest BCUT2D eigenvalue weighted by Crippen LogP contribution is 2.22. The Morgan fingerprint density at radius 1 is 1.39 bits per heavy atom. The normalized spacial score (nSPS) is 11.2. The van der Waals surface area contributed by atoms with Crippen LogP contribution < -0.4 is 5.73 Å². The Morgan fingerprint density at radius 3 is 2.74 bits per heavy atom. The number of carboxylic acid groups (broad SMARTS) is 1. The van der Waals surface area contributed by atoms with E-state index in [0.29, 0.717) is 17.0 Å². The average molecular weight is 336 g/mol. The number of rotatable bonds is 5. The van der Waals surface area contributed by atoms with Crippen LogP contribution in [0.5, 0.6) is 0 Å². The molecular formula is C16H18ClN3O3. The minimum atomic E-state index is -1.02. The molecule has 0 amide bonds. The third-order valence-electron chi connectivity index (χ3n) is 2.59. The minimum Gasteiger partial charge on any atom is -0.478 e. The van der Waals surface area contributed by atoms with Gasteiger partial charge in [-0.2, -0.15) is 0 Å².